The van der Waals surface area contributed by atoms with E-state index >= 15 is 0 Å². The smallest absolute Gasteiger partial charge is 0.229 e. The largest absolute Gasteiger partial charge is 0.340 e. The number of hydrogen-bond acceptors (Lipinski definition) is 5. The van der Waals surface area contributed by atoms with Crippen LogP contribution in [0.3, 0.4) is 0 Å². The average Bonchev–Trinajstić information content (AvgIpc) is 3.40. The van der Waals surface area contributed by atoms with E-state index in [1.807, 2.05) is 48.4 Å². The minimum absolute atomic E-state index is 0.0290. The number of fused-ring (bicyclic) bond motifs is 1. The third-order valence-electron chi connectivity index (χ3n) is 4.94. The number of anilines is 1. The van der Waals surface area contributed by atoms with Gasteiger partial charge in [0.1, 0.15) is 5.82 Å². The Bertz CT molecular complexity index is 976. The SMILES string of the molecule is CC(C)C(=O)Nc1nc(CC(=O)N2CCCC2c2nc3ccccc3[nH]2)cs1. The van der Waals surface area contributed by atoms with Gasteiger partial charge in [-0.2, -0.15) is 0 Å². The van der Waals surface area contributed by atoms with E-state index in [1.165, 1.54) is 11.3 Å². The van der Waals surface area contributed by atoms with Crippen molar-refractivity contribution in [3.05, 3.63) is 41.2 Å². The molecule has 0 bridgehead atoms. The number of hydrogen-bond donors (Lipinski definition) is 2. The first-order valence-electron chi connectivity index (χ1n) is 9.50. The van der Waals surface area contributed by atoms with Crippen LogP contribution in [-0.4, -0.2) is 38.2 Å². The molecule has 1 fully saturated rings. The fourth-order valence-corrected chi connectivity index (χ4v) is 4.14. The summed E-state index contributed by atoms with van der Waals surface area (Å²) < 4.78 is 0. The van der Waals surface area contributed by atoms with Crippen LogP contribution in [0.25, 0.3) is 11.0 Å². The zero-order valence-electron chi connectivity index (χ0n) is 15.9. The van der Waals surface area contributed by atoms with E-state index in [1.54, 1.807) is 0 Å². The zero-order chi connectivity index (χ0) is 19.7. The number of imidazole rings is 1. The lowest BCUT2D eigenvalue weighted by molar-refractivity contribution is -0.131. The van der Waals surface area contributed by atoms with Gasteiger partial charge in [0.2, 0.25) is 11.8 Å². The van der Waals surface area contributed by atoms with Crippen LogP contribution in [0.15, 0.2) is 29.6 Å². The maximum absolute atomic E-state index is 12.9. The van der Waals surface area contributed by atoms with Gasteiger partial charge in [0.25, 0.3) is 0 Å². The van der Waals surface area contributed by atoms with Crippen molar-refractivity contribution in [2.45, 2.75) is 39.2 Å². The Morgan fingerprint density at radius 1 is 1.32 bits per heavy atom. The second-order valence-corrected chi connectivity index (χ2v) is 8.21. The zero-order valence-corrected chi connectivity index (χ0v) is 16.8. The van der Waals surface area contributed by atoms with Crippen LogP contribution in [-0.2, 0) is 16.0 Å². The van der Waals surface area contributed by atoms with Gasteiger partial charge in [-0.05, 0) is 25.0 Å². The summed E-state index contributed by atoms with van der Waals surface area (Å²) in [7, 11) is 0. The van der Waals surface area contributed by atoms with Gasteiger partial charge >= 0.3 is 0 Å². The quantitative estimate of drug-likeness (QED) is 0.689. The monoisotopic (exact) mass is 397 g/mol. The van der Waals surface area contributed by atoms with Crippen molar-refractivity contribution in [2.24, 2.45) is 5.92 Å². The van der Waals surface area contributed by atoms with Crippen molar-refractivity contribution < 1.29 is 9.59 Å². The molecular weight excluding hydrogens is 374 g/mol. The number of nitrogens with zero attached hydrogens (tertiary/aromatic N) is 3. The van der Waals surface area contributed by atoms with Gasteiger partial charge in [0.05, 0.1) is 29.2 Å². The molecule has 0 spiro atoms. The highest BCUT2D eigenvalue weighted by atomic mass is 32.1. The minimum atomic E-state index is -0.108. The van der Waals surface area contributed by atoms with E-state index in [4.69, 9.17) is 0 Å². The van der Waals surface area contributed by atoms with Gasteiger partial charge in [0.15, 0.2) is 5.13 Å². The first-order valence-corrected chi connectivity index (χ1v) is 10.4. The molecule has 4 rings (SSSR count). The number of aromatic nitrogens is 3. The molecule has 1 atom stereocenters. The van der Waals surface area contributed by atoms with Crippen molar-refractivity contribution in [2.75, 3.05) is 11.9 Å². The summed E-state index contributed by atoms with van der Waals surface area (Å²) in [5.74, 6) is 0.699. The third-order valence-corrected chi connectivity index (χ3v) is 5.74. The van der Waals surface area contributed by atoms with Gasteiger partial charge in [0, 0.05) is 17.8 Å². The molecule has 1 unspecified atom stereocenters. The van der Waals surface area contributed by atoms with Crippen molar-refractivity contribution in [1.29, 1.82) is 0 Å². The molecule has 0 aliphatic carbocycles. The lowest BCUT2D eigenvalue weighted by Gasteiger charge is -2.22. The molecule has 0 saturated carbocycles. The van der Waals surface area contributed by atoms with Gasteiger partial charge in [-0.1, -0.05) is 26.0 Å². The average molecular weight is 398 g/mol. The molecular formula is C20H23N5O2S. The first kappa shape index (κ1) is 18.6. The number of aromatic amines is 1. The summed E-state index contributed by atoms with van der Waals surface area (Å²) in [5.41, 5.74) is 2.59. The lowest BCUT2D eigenvalue weighted by atomic mass is 10.2. The Kier molecular flexibility index (Phi) is 5.13. The molecule has 0 radical (unpaired) electrons. The standard InChI is InChI=1S/C20H23N5O2S/c1-12(2)19(27)24-20-21-13(11-28-20)10-17(26)25-9-5-8-16(25)18-22-14-6-3-4-7-15(14)23-18/h3-4,6-7,11-12,16H,5,8-10H2,1-2H3,(H,22,23)(H,21,24,27). The molecule has 2 amide bonds. The molecule has 3 heterocycles. The lowest BCUT2D eigenvalue weighted by Crippen LogP contribution is -2.32. The third kappa shape index (κ3) is 3.77. The minimum Gasteiger partial charge on any atom is -0.340 e. The summed E-state index contributed by atoms with van der Waals surface area (Å²) in [6, 6.07) is 7.87. The Balaban J connectivity index is 1.45. The molecule has 28 heavy (non-hydrogen) atoms. The van der Waals surface area contributed by atoms with E-state index < -0.39 is 0 Å². The highest BCUT2D eigenvalue weighted by Gasteiger charge is 2.32. The normalized spacial score (nSPS) is 16.8. The highest BCUT2D eigenvalue weighted by Crippen LogP contribution is 2.32. The maximum atomic E-state index is 12.9. The fraction of sp³-hybridized carbons (Fsp3) is 0.400. The summed E-state index contributed by atoms with van der Waals surface area (Å²) in [6.07, 6.45) is 2.09. The second kappa shape index (κ2) is 7.71. The topological polar surface area (TPSA) is 91.0 Å². The van der Waals surface area contributed by atoms with Crippen molar-refractivity contribution in [3.8, 4) is 0 Å². The molecule has 1 aliphatic rings. The van der Waals surface area contributed by atoms with E-state index in [-0.39, 0.29) is 30.2 Å². The number of amides is 2. The fourth-order valence-electron chi connectivity index (χ4n) is 3.43. The number of thiazole rings is 1. The van der Waals surface area contributed by atoms with Gasteiger partial charge in [-0.25, -0.2) is 9.97 Å². The number of likely N-dealkylation sites (tertiary alicyclic amines) is 1. The molecule has 7 nitrogen and oxygen atoms in total. The predicted octanol–water partition coefficient (Wildman–Crippen LogP) is 3.52. The van der Waals surface area contributed by atoms with Crippen LogP contribution in [0.4, 0.5) is 5.13 Å². The molecule has 1 saturated heterocycles. The van der Waals surface area contributed by atoms with Crippen molar-refractivity contribution in [3.63, 3.8) is 0 Å². The van der Waals surface area contributed by atoms with E-state index in [0.717, 1.165) is 36.2 Å². The van der Waals surface area contributed by atoms with E-state index in [9.17, 15) is 9.59 Å². The Morgan fingerprint density at radius 3 is 2.93 bits per heavy atom. The maximum Gasteiger partial charge on any atom is 0.229 e. The molecule has 1 aromatic carbocycles. The Hall–Kier alpha value is -2.74. The van der Waals surface area contributed by atoms with Crippen LogP contribution in [0.2, 0.25) is 0 Å². The number of carbonyl (C=O) groups is 2. The number of carbonyl (C=O) groups excluding carboxylic acids is 2. The summed E-state index contributed by atoms with van der Waals surface area (Å²) >= 11 is 1.35. The number of benzene rings is 1. The first-order chi connectivity index (χ1) is 13.5. The van der Waals surface area contributed by atoms with Gasteiger partial charge in [-0.15, -0.1) is 11.3 Å². The number of nitrogens with one attached hydrogen (secondary N) is 2. The molecule has 2 N–H and O–H groups in total. The van der Waals surface area contributed by atoms with E-state index in [0.29, 0.717) is 10.8 Å². The van der Waals surface area contributed by atoms with Crippen molar-refractivity contribution >= 4 is 39.3 Å². The van der Waals surface area contributed by atoms with E-state index in [2.05, 4.69) is 20.3 Å². The highest BCUT2D eigenvalue weighted by molar-refractivity contribution is 7.13. The molecule has 2 aromatic heterocycles. The van der Waals surface area contributed by atoms with Gasteiger partial charge in [-0.3, -0.25) is 9.59 Å². The van der Waals surface area contributed by atoms with Crippen LogP contribution in [0.5, 0.6) is 0 Å². The molecule has 3 aromatic rings. The Morgan fingerprint density at radius 2 is 2.14 bits per heavy atom. The molecule has 8 heteroatoms. The summed E-state index contributed by atoms with van der Waals surface area (Å²) in [6.45, 7) is 4.39. The Labute approximate surface area is 167 Å². The van der Waals surface area contributed by atoms with Crippen LogP contribution in [0.1, 0.15) is 44.2 Å². The summed E-state index contributed by atoms with van der Waals surface area (Å²) in [5, 5.41) is 5.15. The van der Waals surface area contributed by atoms with Crippen molar-refractivity contribution in [1.82, 2.24) is 19.9 Å². The molecule has 146 valence electrons. The van der Waals surface area contributed by atoms with Crippen LogP contribution >= 0.6 is 11.3 Å². The van der Waals surface area contributed by atoms with Gasteiger partial charge < -0.3 is 15.2 Å². The molecule has 1 aliphatic heterocycles. The number of para-hydroxylation sites is 2. The number of rotatable bonds is 5. The number of H-pyrrole nitrogens is 1. The van der Waals surface area contributed by atoms with Crippen LogP contribution < -0.4 is 5.32 Å². The summed E-state index contributed by atoms with van der Waals surface area (Å²) in [4.78, 5) is 39.0. The van der Waals surface area contributed by atoms with Crippen LogP contribution in [0, 0.1) is 5.92 Å². The predicted molar refractivity (Wildman–Crippen MR) is 109 cm³/mol. The second-order valence-electron chi connectivity index (χ2n) is 7.35.